The maximum Gasteiger partial charge on any atom is 0.349 e. The van der Waals surface area contributed by atoms with Crippen molar-refractivity contribution in [3.8, 4) is 23.0 Å². The predicted molar refractivity (Wildman–Crippen MR) is 76.8 cm³/mol. The maximum atomic E-state index is 11.8. The number of hydrogen-bond donors (Lipinski definition) is 0. The summed E-state index contributed by atoms with van der Waals surface area (Å²) in [6.45, 7) is -0.340. The average molecular weight is 317 g/mol. The Balaban J connectivity index is 1.61. The third-order valence-electron chi connectivity index (χ3n) is 2.98. The Morgan fingerprint density at radius 2 is 1.96 bits per heavy atom. The normalized spacial score (nSPS) is 11.8. The van der Waals surface area contributed by atoms with Gasteiger partial charge in [-0.2, -0.15) is 0 Å². The minimum Gasteiger partial charge on any atom is -0.475 e. The first-order valence-electron chi connectivity index (χ1n) is 6.60. The predicted octanol–water partition coefficient (Wildman–Crippen LogP) is 2.31. The number of para-hydroxylation sites is 2. The summed E-state index contributed by atoms with van der Waals surface area (Å²) in [7, 11) is 0. The quantitative estimate of drug-likeness (QED) is 0.361. The molecule has 0 saturated carbocycles. The molecule has 0 aromatic heterocycles. The fourth-order valence-electron chi connectivity index (χ4n) is 1.97. The summed E-state index contributed by atoms with van der Waals surface area (Å²) in [5.41, 5.74) is -0.219. The Morgan fingerprint density at radius 1 is 1.17 bits per heavy atom. The van der Waals surface area contributed by atoms with Gasteiger partial charge in [0.15, 0.2) is 23.9 Å². The molecule has 0 aliphatic carbocycles. The molecule has 0 N–H and O–H groups in total. The molecule has 0 fully saturated rings. The second-order valence-corrected chi connectivity index (χ2v) is 4.50. The number of rotatable bonds is 5. The Bertz CT molecular complexity index is 759. The number of fused-ring (bicyclic) bond motifs is 1. The van der Waals surface area contributed by atoms with Crippen molar-refractivity contribution in [3.63, 3.8) is 0 Å². The largest absolute Gasteiger partial charge is 0.475 e. The Hall–Kier alpha value is -3.29. The molecule has 3 rings (SSSR count). The summed E-state index contributed by atoms with van der Waals surface area (Å²) < 4.78 is 20.6. The van der Waals surface area contributed by atoms with Crippen LogP contribution < -0.4 is 18.9 Å². The molecular formula is C15H11NO7. The maximum absolute atomic E-state index is 11.8. The van der Waals surface area contributed by atoms with Crippen LogP contribution in [0.5, 0.6) is 23.0 Å². The standard InChI is InChI=1S/C15H11NO7/c17-15(8-20-12-4-2-1-3-11(12)16(18)19)23-10-5-6-13-14(7-10)22-9-21-13/h1-7H,8-9H2. The molecule has 0 radical (unpaired) electrons. The minimum atomic E-state index is -0.693. The number of nitro benzene ring substituents is 1. The van der Waals surface area contributed by atoms with Gasteiger partial charge in [-0.1, -0.05) is 12.1 Å². The molecule has 0 spiro atoms. The third kappa shape index (κ3) is 3.31. The molecule has 1 aliphatic heterocycles. The minimum absolute atomic E-state index is 0.000127. The Labute approximate surface area is 130 Å². The highest BCUT2D eigenvalue weighted by molar-refractivity contribution is 5.74. The van der Waals surface area contributed by atoms with Crippen LogP contribution in [-0.4, -0.2) is 24.3 Å². The molecule has 0 unspecified atom stereocenters. The van der Waals surface area contributed by atoms with E-state index in [4.69, 9.17) is 18.9 Å². The summed E-state index contributed by atoms with van der Waals surface area (Å²) in [6, 6.07) is 10.5. The molecule has 0 atom stereocenters. The van der Waals surface area contributed by atoms with Gasteiger partial charge in [-0.3, -0.25) is 10.1 Å². The number of hydrogen-bond acceptors (Lipinski definition) is 7. The molecule has 118 valence electrons. The highest BCUT2D eigenvalue weighted by Gasteiger charge is 2.17. The second kappa shape index (κ2) is 6.22. The van der Waals surface area contributed by atoms with Gasteiger partial charge in [-0.05, 0) is 18.2 Å². The lowest BCUT2D eigenvalue weighted by molar-refractivity contribution is -0.385. The van der Waals surface area contributed by atoms with E-state index in [2.05, 4.69) is 0 Å². The van der Waals surface area contributed by atoms with Gasteiger partial charge in [-0.15, -0.1) is 0 Å². The van der Waals surface area contributed by atoms with Crippen LogP contribution in [0.1, 0.15) is 0 Å². The van der Waals surface area contributed by atoms with Crippen LogP contribution in [-0.2, 0) is 4.79 Å². The van der Waals surface area contributed by atoms with Gasteiger partial charge in [0.2, 0.25) is 6.79 Å². The van der Waals surface area contributed by atoms with Crippen LogP contribution in [0.25, 0.3) is 0 Å². The first kappa shape index (κ1) is 14.6. The van der Waals surface area contributed by atoms with Crippen molar-refractivity contribution in [2.24, 2.45) is 0 Å². The van der Waals surface area contributed by atoms with Crippen molar-refractivity contribution in [3.05, 3.63) is 52.6 Å². The Kier molecular flexibility index (Phi) is 3.96. The number of nitro groups is 1. The molecule has 8 nitrogen and oxygen atoms in total. The zero-order chi connectivity index (χ0) is 16.2. The van der Waals surface area contributed by atoms with Crippen molar-refractivity contribution in [2.75, 3.05) is 13.4 Å². The Morgan fingerprint density at radius 3 is 2.78 bits per heavy atom. The molecular weight excluding hydrogens is 306 g/mol. The van der Waals surface area contributed by atoms with Crippen LogP contribution in [0.2, 0.25) is 0 Å². The number of esters is 1. The van der Waals surface area contributed by atoms with Crippen LogP contribution in [0.4, 0.5) is 5.69 Å². The number of ether oxygens (including phenoxy) is 4. The van der Waals surface area contributed by atoms with Crippen molar-refractivity contribution >= 4 is 11.7 Å². The van der Waals surface area contributed by atoms with Crippen molar-refractivity contribution < 1.29 is 28.7 Å². The summed E-state index contributed by atoms with van der Waals surface area (Å²) in [6.07, 6.45) is 0. The van der Waals surface area contributed by atoms with Gasteiger partial charge in [0.1, 0.15) is 5.75 Å². The lowest BCUT2D eigenvalue weighted by atomic mass is 10.3. The second-order valence-electron chi connectivity index (χ2n) is 4.50. The van der Waals surface area contributed by atoms with Gasteiger partial charge in [-0.25, -0.2) is 4.79 Å². The fraction of sp³-hybridized carbons (Fsp3) is 0.133. The smallest absolute Gasteiger partial charge is 0.349 e. The zero-order valence-corrected chi connectivity index (χ0v) is 11.8. The van der Waals surface area contributed by atoms with E-state index in [1.165, 1.54) is 24.3 Å². The van der Waals surface area contributed by atoms with E-state index in [0.717, 1.165) is 0 Å². The average Bonchev–Trinajstić information content (AvgIpc) is 3.00. The molecule has 2 aromatic carbocycles. The van der Waals surface area contributed by atoms with E-state index in [9.17, 15) is 14.9 Å². The lowest BCUT2D eigenvalue weighted by Crippen LogP contribution is -2.18. The van der Waals surface area contributed by atoms with Gasteiger partial charge in [0.05, 0.1) is 4.92 Å². The van der Waals surface area contributed by atoms with E-state index < -0.39 is 17.5 Å². The van der Waals surface area contributed by atoms with Gasteiger partial charge in [0, 0.05) is 12.1 Å². The summed E-state index contributed by atoms with van der Waals surface area (Å²) in [5.74, 6) is 0.628. The summed E-state index contributed by atoms with van der Waals surface area (Å²) in [4.78, 5) is 22.0. The van der Waals surface area contributed by atoms with Crippen molar-refractivity contribution in [1.29, 1.82) is 0 Å². The first-order chi connectivity index (χ1) is 11.1. The zero-order valence-electron chi connectivity index (χ0n) is 11.8. The van der Waals surface area contributed by atoms with Gasteiger partial charge < -0.3 is 18.9 Å². The molecule has 23 heavy (non-hydrogen) atoms. The van der Waals surface area contributed by atoms with Crippen LogP contribution >= 0.6 is 0 Å². The van der Waals surface area contributed by atoms with Gasteiger partial charge >= 0.3 is 11.7 Å². The van der Waals surface area contributed by atoms with Crippen LogP contribution in [0.3, 0.4) is 0 Å². The number of benzene rings is 2. The van der Waals surface area contributed by atoms with E-state index >= 15 is 0 Å². The highest BCUT2D eigenvalue weighted by atomic mass is 16.7. The van der Waals surface area contributed by atoms with E-state index in [-0.39, 0.29) is 24.0 Å². The molecule has 1 aliphatic rings. The summed E-state index contributed by atoms with van der Waals surface area (Å²) >= 11 is 0. The monoisotopic (exact) mass is 317 g/mol. The third-order valence-corrected chi connectivity index (χ3v) is 2.98. The number of nitrogens with zero attached hydrogens (tertiary/aromatic N) is 1. The van der Waals surface area contributed by atoms with Crippen molar-refractivity contribution in [1.82, 2.24) is 0 Å². The summed E-state index contributed by atoms with van der Waals surface area (Å²) in [5, 5.41) is 10.8. The molecule has 1 heterocycles. The van der Waals surface area contributed by atoms with Gasteiger partial charge in [0.25, 0.3) is 0 Å². The highest BCUT2D eigenvalue weighted by Crippen LogP contribution is 2.35. The molecule has 8 heteroatoms. The topological polar surface area (TPSA) is 97.1 Å². The van der Waals surface area contributed by atoms with Crippen molar-refractivity contribution in [2.45, 2.75) is 0 Å². The lowest BCUT2D eigenvalue weighted by Gasteiger charge is -2.07. The first-order valence-corrected chi connectivity index (χ1v) is 6.60. The SMILES string of the molecule is O=C(COc1ccccc1[N+](=O)[O-])Oc1ccc2c(c1)OCO2. The fourth-order valence-corrected chi connectivity index (χ4v) is 1.97. The van der Waals surface area contributed by atoms with Crippen LogP contribution in [0, 0.1) is 10.1 Å². The van der Waals surface area contributed by atoms with Crippen LogP contribution in [0.15, 0.2) is 42.5 Å². The molecule has 0 bridgehead atoms. The number of carbonyl (C=O) groups excluding carboxylic acids is 1. The molecule has 0 saturated heterocycles. The van der Waals surface area contributed by atoms with E-state index in [1.54, 1.807) is 18.2 Å². The molecule has 2 aromatic rings. The van der Waals surface area contributed by atoms with E-state index in [0.29, 0.717) is 11.5 Å². The number of carbonyl (C=O) groups is 1. The molecule has 0 amide bonds. The van der Waals surface area contributed by atoms with E-state index in [1.807, 2.05) is 0 Å².